The normalized spacial score (nSPS) is 22.8. The molecule has 1 N–H and O–H groups in total. The molecule has 0 heterocycles. The summed E-state index contributed by atoms with van der Waals surface area (Å²) in [4.78, 5) is 0. The minimum Gasteiger partial charge on any atom is -0.396 e. The molecule has 0 aliphatic heterocycles. The molecule has 1 heteroatoms. The van der Waals surface area contributed by atoms with Gasteiger partial charge in [-0.15, -0.1) is 0 Å². The maximum Gasteiger partial charge on any atom is 0.0461 e. The highest BCUT2D eigenvalue weighted by atomic mass is 16.3. The van der Waals surface area contributed by atoms with E-state index < -0.39 is 0 Å². The van der Waals surface area contributed by atoms with Crippen LogP contribution in [0.3, 0.4) is 0 Å². The van der Waals surface area contributed by atoms with Gasteiger partial charge in [0.1, 0.15) is 0 Å². The van der Waals surface area contributed by atoms with Gasteiger partial charge < -0.3 is 5.11 Å². The zero-order chi connectivity index (χ0) is 7.78. The van der Waals surface area contributed by atoms with Crippen molar-refractivity contribution in [3.05, 3.63) is 0 Å². The number of hydrogen-bond donors (Lipinski definition) is 1. The van der Waals surface area contributed by atoms with Crippen molar-refractivity contribution in [2.24, 2.45) is 17.3 Å². The van der Waals surface area contributed by atoms with Crippen molar-refractivity contribution in [1.29, 1.82) is 0 Å². The summed E-state index contributed by atoms with van der Waals surface area (Å²) in [5, 5.41) is 8.95. The molecule has 0 aromatic rings. The van der Waals surface area contributed by atoms with Gasteiger partial charge in [-0.25, -0.2) is 0 Å². The molecule has 1 fully saturated rings. The predicted octanol–water partition coefficient (Wildman–Crippen LogP) is 2.05. The van der Waals surface area contributed by atoms with Gasteiger partial charge in [-0.1, -0.05) is 20.8 Å². The molecule has 60 valence electrons. The van der Waals surface area contributed by atoms with E-state index in [0.29, 0.717) is 17.9 Å². The van der Waals surface area contributed by atoms with Gasteiger partial charge in [0, 0.05) is 6.61 Å². The number of aliphatic hydroxyl groups is 1. The molecule has 0 unspecified atom stereocenters. The highest BCUT2D eigenvalue weighted by Crippen LogP contribution is 2.49. The molecule has 0 aromatic carbocycles. The Bertz CT molecular complexity index is 114. The van der Waals surface area contributed by atoms with Gasteiger partial charge in [-0.2, -0.15) is 0 Å². The third kappa shape index (κ3) is 1.34. The van der Waals surface area contributed by atoms with Crippen LogP contribution in [0.5, 0.6) is 0 Å². The Kier molecular flexibility index (Phi) is 2.04. The third-order valence-electron chi connectivity index (χ3n) is 3.17. The van der Waals surface area contributed by atoms with E-state index in [1.54, 1.807) is 0 Å². The Balaban J connectivity index is 2.47. The van der Waals surface area contributed by atoms with Crippen molar-refractivity contribution in [1.82, 2.24) is 0 Å². The molecular formula is C9H18O. The molecule has 1 aliphatic carbocycles. The summed E-state index contributed by atoms with van der Waals surface area (Å²) in [6, 6.07) is 0. The molecule has 1 saturated carbocycles. The van der Waals surface area contributed by atoms with Crippen molar-refractivity contribution >= 4 is 0 Å². The SMILES string of the molecule is C[C@H](CO)C(C)(C)C1CC1. The molecular weight excluding hydrogens is 124 g/mol. The molecule has 0 bridgehead atoms. The van der Waals surface area contributed by atoms with Gasteiger partial charge in [-0.3, -0.25) is 0 Å². The van der Waals surface area contributed by atoms with E-state index in [0.717, 1.165) is 5.92 Å². The lowest BCUT2D eigenvalue weighted by Crippen LogP contribution is -2.26. The maximum atomic E-state index is 8.95. The van der Waals surface area contributed by atoms with Crippen LogP contribution in [0.4, 0.5) is 0 Å². The summed E-state index contributed by atoms with van der Waals surface area (Å²) in [7, 11) is 0. The van der Waals surface area contributed by atoms with Crippen LogP contribution in [0.15, 0.2) is 0 Å². The van der Waals surface area contributed by atoms with Gasteiger partial charge in [0.25, 0.3) is 0 Å². The predicted molar refractivity (Wildman–Crippen MR) is 42.8 cm³/mol. The third-order valence-corrected chi connectivity index (χ3v) is 3.17. The number of hydrogen-bond acceptors (Lipinski definition) is 1. The summed E-state index contributed by atoms with van der Waals surface area (Å²) in [6.07, 6.45) is 2.74. The topological polar surface area (TPSA) is 20.2 Å². The summed E-state index contributed by atoms with van der Waals surface area (Å²) in [5.41, 5.74) is 0.370. The van der Waals surface area contributed by atoms with Crippen LogP contribution in [-0.4, -0.2) is 11.7 Å². The molecule has 1 aliphatic rings. The summed E-state index contributed by atoms with van der Waals surface area (Å²) in [5.74, 6) is 1.34. The fourth-order valence-electron chi connectivity index (χ4n) is 1.46. The second-order valence-electron chi connectivity index (χ2n) is 4.18. The van der Waals surface area contributed by atoms with Crippen molar-refractivity contribution < 1.29 is 5.11 Å². The minimum absolute atomic E-state index is 0.337. The first kappa shape index (κ1) is 8.06. The fourth-order valence-corrected chi connectivity index (χ4v) is 1.46. The largest absolute Gasteiger partial charge is 0.396 e. The van der Waals surface area contributed by atoms with Crippen molar-refractivity contribution in [3.63, 3.8) is 0 Å². The Morgan fingerprint density at radius 1 is 1.50 bits per heavy atom. The van der Waals surface area contributed by atoms with Gasteiger partial charge in [-0.05, 0) is 30.1 Å². The lowest BCUT2D eigenvalue weighted by atomic mass is 9.76. The second kappa shape index (κ2) is 2.54. The lowest BCUT2D eigenvalue weighted by molar-refractivity contribution is 0.111. The Morgan fingerprint density at radius 2 is 2.00 bits per heavy atom. The zero-order valence-electron chi connectivity index (χ0n) is 7.22. The average Bonchev–Trinajstić information content (AvgIpc) is 2.66. The van der Waals surface area contributed by atoms with Crippen molar-refractivity contribution in [2.45, 2.75) is 33.6 Å². The Morgan fingerprint density at radius 3 is 2.30 bits per heavy atom. The van der Waals surface area contributed by atoms with Crippen LogP contribution in [0.1, 0.15) is 33.6 Å². The van der Waals surface area contributed by atoms with Gasteiger partial charge in [0.15, 0.2) is 0 Å². The molecule has 0 amide bonds. The molecule has 0 aromatic heterocycles. The van der Waals surface area contributed by atoms with Crippen LogP contribution in [-0.2, 0) is 0 Å². The van der Waals surface area contributed by atoms with E-state index in [9.17, 15) is 0 Å². The smallest absolute Gasteiger partial charge is 0.0461 e. The first-order valence-electron chi connectivity index (χ1n) is 4.20. The quantitative estimate of drug-likeness (QED) is 0.639. The van der Waals surface area contributed by atoms with E-state index >= 15 is 0 Å². The van der Waals surface area contributed by atoms with Gasteiger partial charge >= 0.3 is 0 Å². The minimum atomic E-state index is 0.337. The Labute approximate surface area is 63.4 Å². The first-order chi connectivity index (χ1) is 4.59. The highest BCUT2D eigenvalue weighted by Gasteiger charge is 2.40. The van der Waals surface area contributed by atoms with Crippen LogP contribution in [0.2, 0.25) is 0 Å². The van der Waals surface area contributed by atoms with E-state index in [1.807, 2.05) is 0 Å². The van der Waals surface area contributed by atoms with Crippen LogP contribution in [0.25, 0.3) is 0 Å². The van der Waals surface area contributed by atoms with E-state index in [4.69, 9.17) is 5.11 Å². The number of aliphatic hydroxyl groups excluding tert-OH is 1. The first-order valence-corrected chi connectivity index (χ1v) is 4.20. The maximum absolute atomic E-state index is 8.95. The average molecular weight is 142 g/mol. The zero-order valence-corrected chi connectivity index (χ0v) is 7.22. The lowest BCUT2D eigenvalue weighted by Gasteiger charge is -2.30. The van der Waals surface area contributed by atoms with Crippen molar-refractivity contribution in [3.8, 4) is 0 Å². The van der Waals surface area contributed by atoms with Crippen LogP contribution in [0, 0.1) is 17.3 Å². The molecule has 1 atom stereocenters. The van der Waals surface area contributed by atoms with E-state index in [2.05, 4.69) is 20.8 Å². The molecule has 0 saturated heterocycles. The Hall–Kier alpha value is -0.0400. The van der Waals surface area contributed by atoms with E-state index in [1.165, 1.54) is 12.8 Å². The number of rotatable bonds is 3. The second-order valence-corrected chi connectivity index (χ2v) is 4.18. The van der Waals surface area contributed by atoms with Gasteiger partial charge in [0.2, 0.25) is 0 Å². The molecule has 0 radical (unpaired) electrons. The van der Waals surface area contributed by atoms with E-state index in [-0.39, 0.29) is 0 Å². The van der Waals surface area contributed by atoms with Crippen molar-refractivity contribution in [2.75, 3.05) is 6.61 Å². The van der Waals surface area contributed by atoms with Crippen LogP contribution < -0.4 is 0 Å². The standard InChI is InChI=1S/C9H18O/c1-7(6-10)9(2,3)8-4-5-8/h7-8,10H,4-6H2,1-3H3/t7-/m1/s1. The fraction of sp³-hybridized carbons (Fsp3) is 1.00. The van der Waals surface area contributed by atoms with Crippen LogP contribution >= 0.6 is 0 Å². The molecule has 1 nitrogen and oxygen atoms in total. The summed E-state index contributed by atoms with van der Waals surface area (Å²) < 4.78 is 0. The monoisotopic (exact) mass is 142 g/mol. The highest BCUT2D eigenvalue weighted by molar-refractivity contribution is 4.90. The van der Waals surface area contributed by atoms with Gasteiger partial charge in [0.05, 0.1) is 0 Å². The summed E-state index contributed by atoms with van der Waals surface area (Å²) in [6.45, 7) is 7.01. The molecule has 0 spiro atoms. The molecule has 10 heavy (non-hydrogen) atoms. The summed E-state index contributed by atoms with van der Waals surface area (Å²) >= 11 is 0. The molecule has 1 rings (SSSR count).